The predicted molar refractivity (Wildman–Crippen MR) is 151 cm³/mol. The van der Waals surface area contributed by atoms with Gasteiger partial charge in [0.05, 0.1) is 31.0 Å². The van der Waals surface area contributed by atoms with Gasteiger partial charge in [-0.2, -0.15) is 13.2 Å². The molecular weight excluding hydrogens is 545 g/mol. The Balaban J connectivity index is 1.41. The second kappa shape index (κ2) is 10.8. The summed E-state index contributed by atoms with van der Waals surface area (Å²) in [5, 5.41) is 8.55. The largest absolute Gasteiger partial charge is 0.495 e. The molecule has 0 fully saturated rings. The molecule has 6 rings (SSSR count). The molecule has 3 aromatic carbocycles. The third kappa shape index (κ3) is 5.25. The molecule has 0 saturated heterocycles. The number of alkyl halides is 3. The molecule has 11 heteroatoms. The van der Waals surface area contributed by atoms with Gasteiger partial charge in [0, 0.05) is 23.4 Å². The second-order valence-electron chi connectivity index (χ2n) is 10.2. The van der Waals surface area contributed by atoms with Crippen molar-refractivity contribution in [3.8, 4) is 22.7 Å². The van der Waals surface area contributed by atoms with E-state index >= 15 is 0 Å². The number of carbonyl (C=O) groups excluding carboxylic acids is 1. The highest BCUT2D eigenvalue weighted by molar-refractivity contribution is 5.98. The number of rotatable bonds is 6. The van der Waals surface area contributed by atoms with Gasteiger partial charge in [-0.1, -0.05) is 59.8 Å². The van der Waals surface area contributed by atoms with Crippen molar-refractivity contribution >= 4 is 11.6 Å². The summed E-state index contributed by atoms with van der Waals surface area (Å²) < 4.78 is 50.2. The zero-order valence-electron chi connectivity index (χ0n) is 22.9. The molecule has 1 aliphatic heterocycles. The minimum atomic E-state index is -4.60. The fraction of sp³-hybridized carbons (Fsp3) is 0.226. The van der Waals surface area contributed by atoms with Gasteiger partial charge in [-0.3, -0.25) is 4.79 Å². The zero-order chi connectivity index (χ0) is 29.4. The van der Waals surface area contributed by atoms with Crippen molar-refractivity contribution in [1.82, 2.24) is 24.5 Å². The Kier molecular flexibility index (Phi) is 7.01. The van der Waals surface area contributed by atoms with Crippen LogP contribution >= 0.6 is 0 Å². The molecule has 8 nitrogen and oxygen atoms in total. The Morgan fingerprint density at radius 2 is 1.74 bits per heavy atom. The number of carbonyl (C=O) groups is 1. The number of halogens is 3. The Morgan fingerprint density at radius 3 is 2.45 bits per heavy atom. The van der Waals surface area contributed by atoms with Gasteiger partial charge in [-0.25, -0.2) is 9.67 Å². The molecule has 5 aromatic rings. The summed E-state index contributed by atoms with van der Waals surface area (Å²) in [5.41, 5.74) is 4.55. The van der Waals surface area contributed by atoms with Crippen molar-refractivity contribution in [2.24, 2.45) is 0 Å². The molecule has 0 aliphatic carbocycles. The summed E-state index contributed by atoms with van der Waals surface area (Å²) in [6.45, 7) is 0.482. The number of fused-ring (bicyclic) bond motifs is 1. The van der Waals surface area contributed by atoms with Gasteiger partial charge < -0.3 is 14.2 Å². The second-order valence-corrected chi connectivity index (χ2v) is 10.2. The summed E-state index contributed by atoms with van der Waals surface area (Å²) in [7, 11) is 1.56. The van der Waals surface area contributed by atoms with Crippen molar-refractivity contribution in [2.75, 3.05) is 18.6 Å². The third-order valence-corrected chi connectivity index (χ3v) is 7.45. The van der Waals surface area contributed by atoms with Crippen molar-refractivity contribution in [3.05, 3.63) is 108 Å². The first kappa shape index (κ1) is 27.3. The molecule has 0 radical (unpaired) electrons. The van der Waals surface area contributed by atoms with Crippen LogP contribution in [0.1, 0.15) is 35.2 Å². The van der Waals surface area contributed by atoms with Gasteiger partial charge in [0.2, 0.25) is 0 Å². The van der Waals surface area contributed by atoms with Crippen molar-refractivity contribution in [2.45, 2.75) is 31.5 Å². The van der Waals surface area contributed by atoms with E-state index in [0.29, 0.717) is 22.6 Å². The van der Waals surface area contributed by atoms with Crippen LogP contribution in [0.4, 0.5) is 18.9 Å². The molecule has 2 atom stereocenters. The maximum atomic E-state index is 13.9. The van der Waals surface area contributed by atoms with E-state index in [1.807, 2.05) is 60.2 Å². The average molecular weight is 573 g/mol. The maximum absolute atomic E-state index is 13.9. The number of aryl methyl sites for hydroxylation is 1. The molecule has 0 spiro atoms. The molecule has 0 N–H and O–H groups in total. The van der Waals surface area contributed by atoms with E-state index < -0.39 is 24.7 Å². The summed E-state index contributed by atoms with van der Waals surface area (Å²) in [5.74, 6) is -0.473. The summed E-state index contributed by atoms with van der Waals surface area (Å²) in [4.78, 5) is 19.0. The Labute approximate surface area is 240 Å². The lowest BCUT2D eigenvalue weighted by Gasteiger charge is -2.26. The number of ether oxygens (including phenoxy) is 1. The molecule has 1 aliphatic rings. The molecule has 3 heterocycles. The molecule has 1 amide bonds. The van der Waals surface area contributed by atoms with Gasteiger partial charge in [-0.05, 0) is 42.7 Å². The van der Waals surface area contributed by atoms with Crippen LogP contribution in [-0.2, 0) is 4.79 Å². The molecule has 2 aromatic heterocycles. The van der Waals surface area contributed by atoms with Gasteiger partial charge >= 0.3 is 6.18 Å². The standard InChI is InChI=1S/C31H27F3N6O2/c1-20-16-38(19-35-20)27-13-12-22(14-29(27)42-2)25-17-40(37-36-25)28-15-24(21-8-4-3-5-9-21)23-10-6-7-11-26(23)39(30(28)41)18-31(32,33)34/h3-14,16-17,19,24,28H,15,18H2,1-2H3/t24-,28?/m0/s1. The molecule has 214 valence electrons. The minimum absolute atomic E-state index is 0.208. The molecule has 0 bridgehead atoms. The highest BCUT2D eigenvalue weighted by Crippen LogP contribution is 2.43. The van der Waals surface area contributed by atoms with E-state index in [9.17, 15) is 18.0 Å². The van der Waals surface area contributed by atoms with Crippen LogP contribution < -0.4 is 9.64 Å². The van der Waals surface area contributed by atoms with Crippen LogP contribution in [0.25, 0.3) is 16.9 Å². The number of hydrogen-bond donors (Lipinski definition) is 0. The van der Waals surface area contributed by atoms with Gasteiger partial charge in [-0.15, -0.1) is 5.10 Å². The van der Waals surface area contributed by atoms with Gasteiger partial charge in [0.25, 0.3) is 5.91 Å². The number of methoxy groups -OCH3 is 1. The lowest BCUT2D eigenvalue weighted by atomic mass is 9.86. The number of amides is 1. The monoisotopic (exact) mass is 572 g/mol. The summed E-state index contributed by atoms with van der Waals surface area (Å²) in [6, 6.07) is 20.7. The predicted octanol–water partition coefficient (Wildman–Crippen LogP) is 6.12. The van der Waals surface area contributed by atoms with Crippen LogP contribution in [0.5, 0.6) is 5.75 Å². The van der Waals surface area contributed by atoms with E-state index in [4.69, 9.17) is 4.74 Å². The first-order valence-electron chi connectivity index (χ1n) is 13.3. The summed E-state index contributed by atoms with van der Waals surface area (Å²) >= 11 is 0. The number of nitrogens with zero attached hydrogens (tertiary/aromatic N) is 6. The Bertz CT molecular complexity index is 1730. The van der Waals surface area contributed by atoms with E-state index in [1.54, 1.807) is 50.0 Å². The smallest absolute Gasteiger partial charge is 0.406 e. The summed E-state index contributed by atoms with van der Waals surface area (Å²) in [6.07, 6.45) is 0.773. The first-order valence-corrected chi connectivity index (χ1v) is 13.3. The fourth-order valence-corrected chi connectivity index (χ4v) is 5.51. The highest BCUT2D eigenvalue weighted by atomic mass is 19.4. The van der Waals surface area contributed by atoms with E-state index in [1.165, 1.54) is 4.68 Å². The van der Waals surface area contributed by atoms with Crippen LogP contribution in [0, 0.1) is 6.92 Å². The number of imidazole rings is 1. The highest BCUT2D eigenvalue weighted by Gasteiger charge is 2.42. The number of benzene rings is 3. The average Bonchev–Trinajstić information content (AvgIpc) is 3.63. The van der Waals surface area contributed by atoms with E-state index in [2.05, 4.69) is 15.3 Å². The lowest BCUT2D eigenvalue weighted by molar-refractivity contribution is -0.134. The Morgan fingerprint density at radius 1 is 0.976 bits per heavy atom. The van der Waals surface area contributed by atoms with Crippen LogP contribution in [0.15, 0.2) is 91.5 Å². The molecule has 0 saturated carbocycles. The van der Waals surface area contributed by atoms with Gasteiger partial charge in [0.1, 0.15) is 24.0 Å². The molecule has 1 unspecified atom stereocenters. The number of hydrogen-bond acceptors (Lipinski definition) is 5. The topological polar surface area (TPSA) is 78.1 Å². The quantitative estimate of drug-likeness (QED) is 0.245. The zero-order valence-corrected chi connectivity index (χ0v) is 22.9. The molecular formula is C31H27F3N6O2. The van der Waals surface area contributed by atoms with Crippen LogP contribution in [0.2, 0.25) is 0 Å². The van der Waals surface area contributed by atoms with Crippen LogP contribution in [-0.4, -0.2) is 50.3 Å². The van der Waals surface area contributed by atoms with Crippen LogP contribution in [0.3, 0.4) is 0 Å². The van der Waals surface area contributed by atoms with E-state index in [-0.39, 0.29) is 18.0 Å². The maximum Gasteiger partial charge on any atom is 0.406 e. The molecule has 42 heavy (non-hydrogen) atoms. The first-order chi connectivity index (χ1) is 20.2. The fourth-order valence-electron chi connectivity index (χ4n) is 5.51. The number of aromatic nitrogens is 5. The van der Waals surface area contributed by atoms with Crippen molar-refractivity contribution < 1.29 is 22.7 Å². The number of para-hydroxylation sites is 1. The number of anilines is 1. The lowest BCUT2D eigenvalue weighted by Crippen LogP contribution is -2.42. The van der Waals surface area contributed by atoms with Crippen molar-refractivity contribution in [1.29, 1.82) is 0 Å². The normalized spacial score (nSPS) is 17.2. The van der Waals surface area contributed by atoms with E-state index in [0.717, 1.165) is 21.8 Å². The minimum Gasteiger partial charge on any atom is -0.495 e. The SMILES string of the molecule is COc1cc(-c2cn(C3C[C@@H](c4ccccc4)c4ccccc4N(CC(F)(F)F)C3=O)nn2)ccc1-n1cnc(C)c1. The van der Waals surface area contributed by atoms with Gasteiger partial charge in [0.15, 0.2) is 0 Å². The Hall–Kier alpha value is -4.93. The van der Waals surface area contributed by atoms with Crippen molar-refractivity contribution in [3.63, 3.8) is 0 Å². The third-order valence-electron chi connectivity index (χ3n) is 7.45.